The number of nitrogens with zero attached hydrogens (tertiary/aromatic N) is 4. The molecule has 0 aliphatic carbocycles. The Kier molecular flexibility index (Phi) is 6.63. The second kappa shape index (κ2) is 10.4. The van der Waals surface area contributed by atoms with Crippen molar-refractivity contribution in [3.8, 4) is 0 Å². The van der Waals surface area contributed by atoms with Crippen molar-refractivity contribution in [3.05, 3.63) is 119 Å². The Morgan fingerprint density at radius 1 is 0.974 bits per heavy atom. The van der Waals surface area contributed by atoms with E-state index in [9.17, 15) is 14.6 Å². The summed E-state index contributed by atoms with van der Waals surface area (Å²) in [4.78, 5) is 7.68. The molecule has 9 heteroatoms. The molecule has 0 radical (unpaired) electrons. The lowest BCUT2D eigenvalue weighted by molar-refractivity contribution is 0.160. The summed E-state index contributed by atoms with van der Waals surface area (Å²) in [5, 5.41) is 31.0. The van der Waals surface area contributed by atoms with Crippen LogP contribution >= 0.6 is 10.5 Å². The number of nitrogens with one attached hydrogen (secondary N) is 1. The Hall–Kier alpha value is -4.05. The van der Waals surface area contributed by atoms with Gasteiger partial charge in [0.05, 0.1) is 36.2 Å². The van der Waals surface area contributed by atoms with E-state index in [1.54, 1.807) is 18.6 Å². The first-order valence-corrected chi connectivity index (χ1v) is 13.6. The second-order valence-electron chi connectivity index (χ2n) is 9.07. The Morgan fingerprint density at radius 2 is 1.82 bits per heavy atom. The Morgan fingerprint density at radius 3 is 2.63 bits per heavy atom. The van der Waals surface area contributed by atoms with Gasteiger partial charge in [-0.1, -0.05) is 42.5 Å². The van der Waals surface area contributed by atoms with E-state index < -0.39 is 15.9 Å². The molecule has 2 aliphatic rings. The van der Waals surface area contributed by atoms with Gasteiger partial charge in [0, 0.05) is 23.2 Å². The minimum absolute atomic E-state index is 0.262. The van der Waals surface area contributed by atoms with Crippen LogP contribution in [0.5, 0.6) is 0 Å². The third-order valence-corrected chi connectivity index (χ3v) is 8.51. The van der Waals surface area contributed by atoms with Crippen molar-refractivity contribution in [2.24, 2.45) is 4.99 Å². The third kappa shape index (κ3) is 4.79. The molecule has 0 spiro atoms. The second-order valence-corrected chi connectivity index (χ2v) is 11.0. The normalized spacial score (nSPS) is 17.4. The number of benzene rings is 3. The van der Waals surface area contributed by atoms with E-state index in [2.05, 4.69) is 22.5 Å². The summed E-state index contributed by atoms with van der Waals surface area (Å²) in [6.45, 7) is 0.763. The van der Waals surface area contributed by atoms with Crippen LogP contribution in [0, 0.1) is 5.82 Å². The summed E-state index contributed by atoms with van der Waals surface area (Å²) in [5.74, 6) is 0.411. The van der Waals surface area contributed by atoms with E-state index in [-0.39, 0.29) is 12.4 Å². The standard InChI is InChI=1S/C29H26FN5O2S/c30-23-8-4-7-21(13-23)17-35-26-10-9-24(14-22(26)15-32-35)33-28-25-11-12-38(27(37)18-36)29(25)34(19-31-28)16-20-5-2-1-3-6-20/h1-15,19,27,33,36-37H,16-18H2/t27-,38?/m1/s1. The monoisotopic (exact) mass is 527 g/mol. The molecule has 0 saturated heterocycles. The van der Waals surface area contributed by atoms with Gasteiger partial charge < -0.3 is 20.4 Å². The van der Waals surface area contributed by atoms with Crippen molar-refractivity contribution in [1.82, 2.24) is 14.7 Å². The number of rotatable bonds is 8. The summed E-state index contributed by atoms with van der Waals surface area (Å²) >= 11 is 0. The largest absolute Gasteiger partial charge is 0.393 e. The van der Waals surface area contributed by atoms with Crippen molar-refractivity contribution < 1.29 is 14.6 Å². The maximum Gasteiger partial charge on any atom is 0.142 e. The van der Waals surface area contributed by atoms with Crippen LogP contribution < -0.4 is 5.32 Å². The lowest BCUT2D eigenvalue weighted by Gasteiger charge is -2.29. The van der Waals surface area contributed by atoms with Crippen molar-refractivity contribution in [3.63, 3.8) is 0 Å². The van der Waals surface area contributed by atoms with Crippen LogP contribution in [-0.4, -0.2) is 48.3 Å². The highest BCUT2D eigenvalue weighted by atomic mass is 32.2. The molecule has 1 unspecified atom stereocenters. The van der Waals surface area contributed by atoms with Gasteiger partial charge in [-0.2, -0.15) is 5.10 Å². The highest BCUT2D eigenvalue weighted by Gasteiger charge is 2.29. The molecular formula is C29H26FN5O2S. The number of hydrogen-bond acceptors (Lipinski definition) is 6. The van der Waals surface area contributed by atoms with Crippen molar-refractivity contribution in [2.45, 2.75) is 18.5 Å². The molecule has 4 aromatic rings. The zero-order valence-corrected chi connectivity index (χ0v) is 21.2. The third-order valence-electron chi connectivity index (χ3n) is 6.45. The molecule has 6 rings (SSSR count). The van der Waals surface area contributed by atoms with Gasteiger partial charge in [-0.05, 0) is 52.9 Å². The number of hydrogen-bond donors (Lipinski definition) is 3. The van der Waals surface area contributed by atoms with Gasteiger partial charge in [-0.3, -0.25) is 4.68 Å². The zero-order valence-electron chi connectivity index (χ0n) is 20.4. The van der Waals surface area contributed by atoms with Crippen LogP contribution in [0.3, 0.4) is 0 Å². The molecule has 192 valence electrons. The molecule has 3 heterocycles. The quantitative estimate of drug-likeness (QED) is 0.291. The molecule has 0 amide bonds. The molecule has 3 N–H and O–H groups in total. The van der Waals surface area contributed by atoms with Crippen LogP contribution in [0.2, 0.25) is 0 Å². The van der Waals surface area contributed by atoms with Crippen LogP contribution in [-0.2, 0) is 13.1 Å². The molecular weight excluding hydrogens is 501 g/mol. The zero-order chi connectivity index (χ0) is 26.1. The number of anilines is 1. The molecule has 38 heavy (non-hydrogen) atoms. The smallest absolute Gasteiger partial charge is 0.142 e. The average Bonchev–Trinajstić information content (AvgIpc) is 3.55. The van der Waals surface area contributed by atoms with Crippen LogP contribution in [0.25, 0.3) is 10.9 Å². The van der Waals surface area contributed by atoms with Gasteiger partial charge in [-0.25, -0.2) is 9.38 Å². The average molecular weight is 528 g/mol. The Balaban J connectivity index is 1.28. The first-order chi connectivity index (χ1) is 18.6. The van der Waals surface area contributed by atoms with Crippen LogP contribution in [0.15, 0.2) is 107 Å². The molecule has 0 fully saturated rings. The van der Waals surface area contributed by atoms with E-state index in [1.807, 2.05) is 63.5 Å². The lowest BCUT2D eigenvalue weighted by Crippen LogP contribution is -2.34. The molecule has 3 aromatic carbocycles. The number of aliphatic hydroxyl groups is 2. The Bertz CT molecular complexity index is 1630. The molecule has 7 nitrogen and oxygen atoms in total. The van der Waals surface area contributed by atoms with Crippen molar-refractivity contribution >= 4 is 38.4 Å². The Labute approximate surface area is 221 Å². The number of aliphatic imine (C=N–C) groups is 1. The lowest BCUT2D eigenvalue weighted by atomic mass is 10.1. The summed E-state index contributed by atoms with van der Waals surface area (Å²) < 4.78 is 15.5. The van der Waals surface area contributed by atoms with E-state index in [0.29, 0.717) is 18.9 Å². The number of halogens is 1. The maximum atomic E-state index is 13.6. The van der Waals surface area contributed by atoms with Gasteiger partial charge in [0.15, 0.2) is 0 Å². The summed E-state index contributed by atoms with van der Waals surface area (Å²) in [6.07, 6.45) is 5.54. The minimum atomic E-state index is -0.884. The summed E-state index contributed by atoms with van der Waals surface area (Å²) in [7, 11) is -0.673. The van der Waals surface area contributed by atoms with Gasteiger partial charge in [0.1, 0.15) is 17.1 Å². The first-order valence-electron chi connectivity index (χ1n) is 12.2. The van der Waals surface area contributed by atoms with Gasteiger partial charge in [0.25, 0.3) is 0 Å². The van der Waals surface area contributed by atoms with Gasteiger partial charge >= 0.3 is 0 Å². The van der Waals surface area contributed by atoms with E-state index >= 15 is 0 Å². The number of aromatic nitrogens is 2. The molecule has 0 bridgehead atoms. The van der Waals surface area contributed by atoms with Crippen LogP contribution in [0.1, 0.15) is 11.1 Å². The van der Waals surface area contributed by atoms with E-state index in [4.69, 9.17) is 4.99 Å². The predicted octanol–water partition coefficient (Wildman–Crippen LogP) is 4.63. The highest BCUT2D eigenvalue weighted by Crippen LogP contribution is 2.37. The molecule has 2 aliphatic heterocycles. The predicted molar refractivity (Wildman–Crippen MR) is 151 cm³/mol. The minimum Gasteiger partial charge on any atom is -0.393 e. The highest BCUT2D eigenvalue weighted by molar-refractivity contribution is 8.19. The van der Waals surface area contributed by atoms with Gasteiger partial charge in [-0.15, -0.1) is 10.5 Å². The van der Waals surface area contributed by atoms with E-state index in [0.717, 1.165) is 38.3 Å². The SMILES string of the molecule is OC[C@H](O)S1=C2C(=C(Nc3ccc4c(cnn4Cc4cccc(F)c4)c3)N=CN2Cc2ccccc2)C=C1. The fraction of sp³-hybridized carbons (Fsp3) is 0.138. The van der Waals surface area contributed by atoms with E-state index in [1.165, 1.54) is 12.1 Å². The fourth-order valence-electron chi connectivity index (χ4n) is 4.65. The number of fused-ring (bicyclic) bond motifs is 2. The number of aliphatic hydroxyl groups excluding tert-OH is 2. The molecule has 1 aromatic heterocycles. The van der Waals surface area contributed by atoms with Crippen LogP contribution in [0.4, 0.5) is 10.1 Å². The van der Waals surface area contributed by atoms with Gasteiger partial charge in [0.2, 0.25) is 0 Å². The summed E-state index contributed by atoms with van der Waals surface area (Å²) in [5.41, 5.74) is 3.76. The van der Waals surface area contributed by atoms with Crippen molar-refractivity contribution in [2.75, 3.05) is 11.9 Å². The molecule has 2 atom stereocenters. The molecule has 0 saturated carbocycles. The topological polar surface area (TPSA) is 85.9 Å². The van der Waals surface area contributed by atoms with Crippen molar-refractivity contribution in [1.29, 1.82) is 0 Å². The first kappa shape index (κ1) is 24.3. The summed E-state index contributed by atoms with van der Waals surface area (Å²) in [6, 6.07) is 22.6. The fourth-order valence-corrected chi connectivity index (χ4v) is 6.46. The maximum absolute atomic E-state index is 13.6.